The molecule has 0 spiro atoms. The van der Waals surface area contributed by atoms with Gasteiger partial charge in [-0.1, -0.05) is 11.6 Å². The van der Waals surface area contributed by atoms with Crippen molar-refractivity contribution in [2.75, 3.05) is 0 Å². The second-order valence-corrected chi connectivity index (χ2v) is 5.49. The summed E-state index contributed by atoms with van der Waals surface area (Å²) in [6, 6.07) is 4.19. The van der Waals surface area contributed by atoms with Gasteiger partial charge in [-0.25, -0.2) is 4.98 Å². The number of phenolic OH excluding ortho intramolecular Hbond substituents is 1. The van der Waals surface area contributed by atoms with E-state index in [9.17, 15) is 9.90 Å². The number of aryl methyl sites for hydroxylation is 1. The molecule has 4 nitrogen and oxygen atoms in total. The summed E-state index contributed by atoms with van der Waals surface area (Å²) in [5, 5.41) is 15.1. The molecule has 2 aromatic rings. The van der Waals surface area contributed by atoms with Crippen molar-refractivity contribution >= 4 is 28.8 Å². The Bertz CT molecular complexity index is 612. The maximum absolute atomic E-state index is 12.0. The summed E-state index contributed by atoms with van der Waals surface area (Å²) in [4.78, 5) is 16.4. The predicted octanol–water partition coefficient (Wildman–Crippen LogP) is 3.30. The quantitative estimate of drug-likeness (QED) is 0.913. The fraction of sp³-hybridized carbons (Fsp3) is 0.231. The Kier molecular flexibility index (Phi) is 4.07. The summed E-state index contributed by atoms with van der Waals surface area (Å²) in [6.45, 7) is 3.78. The van der Waals surface area contributed by atoms with Gasteiger partial charge in [0.25, 0.3) is 5.91 Å². The van der Waals surface area contributed by atoms with Crippen molar-refractivity contribution in [1.82, 2.24) is 10.3 Å². The lowest BCUT2D eigenvalue weighted by Gasteiger charge is -2.11. The van der Waals surface area contributed by atoms with Crippen LogP contribution in [0, 0.1) is 6.92 Å². The van der Waals surface area contributed by atoms with Gasteiger partial charge in [0.1, 0.15) is 10.8 Å². The summed E-state index contributed by atoms with van der Waals surface area (Å²) in [5.74, 6) is -0.288. The molecule has 1 amide bonds. The Morgan fingerprint density at radius 2 is 2.26 bits per heavy atom. The zero-order chi connectivity index (χ0) is 14.0. The van der Waals surface area contributed by atoms with E-state index in [0.717, 1.165) is 10.7 Å². The normalized spacial score (nSPS) is 12.2. The average molecular weight is 297 g/mol. The summed E-state index contributed by atoms with van der Waals surface area (Å²) < 4.78 is 0. The number of phenols is 1. The third-order valence-corrected chi connectivity index (χ3v) is 4.01. The van der Waals surface area contributed by atoms with Crippen molar-refractivity contribution in [3.05, 3.63) is 44.9 Å². The summed E-state index contributed by atoms with van der Waals surface area (Å²) in [7, 11) is 0. The number of thiazole rings is 1. The standard InChI is InChI=1S/C13H13ClN2O2S/c1-7-6-19-13(15-7)8(2)16-12(18)9-3-4-11(17)10(14)5-9/h3-6,8,17H,1-2H3,(H,16,18). The molecular formula is C13H13ClN2O2S. The monoisotopic (exact) mass is 296 g/mol. The third kappa shape index (κ3) is 3.24. The van der Waals surface area contributed by atoms with E-state index in [-0.39, 0.29) is 22.7 Å². The van der Waals surface area contributed by atoms with Crippen LogP contribution in [0.5, 0.6) is 5.75 Å². The molecule has 2 rings (SSSR count). The van der Waals surface area contributed by atoms with E-state index >= 15 is 0 Å². The van der Waals surface area contributed by atoms with Crippen molar-refractivity contribution in [2.45, 2.75) is 19.9 Å². The summed E-state index contributed by atoms with van der Waals surface area (Å²) in [5.41, 5.74) is 1.34. The molecule has 0 aliphatic heterocycles. The molecule has 0 saturated heterocycles. The van der Waals surface area contributed by atoms with E-state index in [2.05, 4.69) is 10.3 Å². The van der Waals surface area contributed by atoms with Crippen LogP contribution in [0.1, 0.15) is 34.0 Å². The second-order valence-electron chi connectivity index (χ2n) is 4.19. The minimum atomic E-state index is -0.248. The van der Waals surface area contributed by atoms with Gasteiger partial charge in [-0.05, 0) is 32.0 Å². The number of benzene rings is 1. The van der Waals surface area contributed by atoms with Gasteiger partial charge < -0.3 is 10.4 Å². The molecule has 100 valence electrons. The lowest BCUT2D eigenvalue weighted by Crippen LogP contribution is -2.26. The van der Waals surface area contributed by atoms with Crippen LogP contribution in [0.4, 0.5) is 0 Å². The van der Waals surface area contributed by atoms with Crippen LogP contribution in [-0.2, 0) is 0 Å². The van der Waals surface area contributed by atoms with Crippen molar-refractivity contribution in [2.24, 2.45) is 0 Å². The van der Waals surface area contributed by atoms with Crippen LogP contribution in [-0.4, -0.2) is 16.0 Å². The zero-order valence-electron chi connectivity index (χ0n) is 10.5. The van der Waals surface area contributed by atoms with Crippen LogP contribution in [0.25, 0.3) is 0 Å². The first-order valence-electron chi connectivity index (χ1n) is 5.69. The van der Waals surface area contributed by atoms with Crippen LogP contribution in [0.15, 0.2) is 23.6 Å². The van der Waals surface area contributed by atoms with Gasteiger partial charge in [0, 0.05) is 16.6 Å². The minimum Gasteiger partial charge on any atom is -0.506 e. The van der Waals surface area contributed by atoms with Gasteiger partial charge in [-0.15, -0.1) is 11.3 Å². The lowest BCUT2D eigenvalue weighted by molar-refractivity contribution is 0.0940. The van der Waals surface area contributed by atoms with Gasteiger partial charge in [0.15, 0.2) is 0 Å². The smallest absolute Gasteiger partial charge is 0.251 e. The van der Waals surface area contributed by atoms with E-state index in [1.165, 1.54) is 29.5 Å². The van der Waals surface area contributed by atoms with Gasteiger partial charge in [-0.2, -0.15) is 0 Å². The van der Waals surface area contributed by atoms with Crippen LogP contribution in [0.2, 0.25) is 5.02 Å². The molecule has 1 unspecified atom stereocenters. The number of carbonyl (C=O) groups excluding carboxylic acids is 1. The van der Waals surface area contributed by atoms with Gasteiger partial charge in [-0.3, -0.25) is 4.79 Å². The van der Waals surface area contributed by atoms with Crippen LogP contribution < -0.4 is 5.32 Å². The van der Waals surface area contributed by atoms with Crippen LogP contribution >= 0.6 is 22.9 Å². The summed E-state index contributed by atoms with van der Waals surface area (Å²) >= 11 is 7.28. The number of rotatable bonds is 3. The lowest BCUT2D eigenvalue weighted by atomic mass is 10.2. The Labute approximate surface area is 120 Å². The van der Waals surface area contributed by atoms with E-state index in [1.807, 2.05) is 19.2 Å². The molecule has 0 saturated carbocycles. The van der Waals surface area contributed by atoms with Crippen molar-refractivity contribution < 1.29 is 9.90 Å². The number of hydrogen-bond acceptors (Lipinski definition) is 4. The fourth-order valence-electron chi connectivity index (χ4n) is 1.56. The van der Waals surface area contributed by atoms with E-state index in [4.69, 9.17) is 11.6 Å². The first-order valence-corrected chi connectivity index (χ1v) is 6.94. The molecule has 0 aliphatic rings. The number of aromatic hydroxyl groups is 1. The Hall–Kier alpha value is -1.59. The molecule has 6 heteroatoms. The fourth-order valence-corrected chi connectivity index (χ4v) is 2.55. The molecule has 1 aromatic carbocycles. The van der Waals surface area contributed by atoms with Crippen molar-refractivity contribution in [1.29, 1.82) is 0 Å². The van der Waals surface area contributed by atoms with Gasteiger partial charge in [0.05, 0.1) is 11.1 Å². The molecule has 0 fully saturated rings. The molecule has 0 bridgehead atoms. The van der Waals surface area contributed by atoms with E-state index in [0.29, 0.717) is 5.56 Å². The Morgan fingerprint density at radius 1 is 1.53 bits per heavy atom. The Balaban J connectivity index is 2.10. The number of nitrogens with one attached hydrogen (secondary N) is 1. The number of hydrogen-bond donors (Lipinski definition) is 2. The van der Waals surface area contributed by atoms with E-state index in [1.54, 1.807) is 0 Å². The maximum Gasteiger partial charge on any atom is 0.251 e. The molecular weight excluding hydrogens is 284 g/mol. The molecule has 1 aromatic heterocycles. The second kappa shape index (κ2) is 5.59. The van der Waals surface area contributed by atoms with E-state index < -0.39 is 0 Å². The number of halogens is 1. The highest BCUT2D eigenvalue weighted by Gasteiger charge is 2.14. The van der Waals surface area contributed by atoms with Crippen molar-refractivity contribution in [3.8, 4) is 5.75 Å². The predicted molar refractivity (Wildman–Crippen MR) is 75.8 cm³/mol. The summed E-state index contributed by atoms with van der Waals surface area (Å²) in [6.07, 6.45) is 0. The zero-order valence-corrected chi connectivity index (χ0v) is 12.0. The molecule has 1 atom stereocenters. The highest BCUT2D eigenvalue weighted by Crippen LogP contribution is 2.24. The Morgan fingerprint density at radius 3 is 2.84 bits per heavy atom. The minimum absolute atomic E-state index is 0.0400. The number of aromatic nitrogens is 1. The third-order valence-electron chi connectivity index (χ3n) is 2.56. The molecule has 0 aliphatic carbocycles. The molecule has 0 radical (unpaired) electrons. The highest BCUT2D eigenvalue weighted by molar-refractivity contribution is 7.09. The largest absolute Gasteiger partial charge is 0.506 e. The molecule has 2 N–H and O–H groups in total. The van der Waals surface area contributed by atoms with Gasteiger partial charge in [0.2, 0.25) is 0 Å². The maximum atomic E-state index is 12.0. The number of carbonyl (C=O) groups is 1. The SMILES string of the molecule is Cc1csc(C(C)NC(=O)c2ccc(O)c(Cl)c2)n1. The first kappa shape index (κ1) is 13.8. The molecule has 19 heavy (non-hydrogen) atoms. The first-order chi connectivity index (χ1) is 8.97. The van der Waals surface area contributed by atoms with Crippen molar-refractivity contribution in [3.63, 3.8) is 0 Å². The molecule has 1 heterocycles. The number of amides is 1. The number of nitrogens with zero attached hydrogens (tertiary/aromatic N) is 1. The highest BCUT2D eigenvalue weighted by atomic mass is 35.5. The van der Waals surface area contributed by atoms with Crippen LogP contribution in [0.3, 0.4) is 0 Å². The average Bonchev–Trinajstić information content (AvgIpc) is 2.79. The topological polar surface area (TPSA) is 62.2 Å². The van der Waals surface area contributed by atoms with Gasteiger partial charge >= 0.3 is 0 Å².